The summed E-state index contributed by atoms with van der Waals surface area (Å²) >= 11 is 1.51. The molecule has 0 radical (unpaired) electrons. The summed E-state index contributed by atoms with van der Waals surface area (Å²) in [6, 6.07) is 5.15. The summed E-state index contributed by atoms with van der Waals surface area (Å²) in [6.07, 6.45) is 2.23. The van der Waals surface area contributed by atoms with E-state index in [1.807, 2.05) is 6.26 Å². The molecular weight excluding hydrogens is 334 g/mol. The first-order chi connectivity index (χ1) is 11.5. The molecular formula is C15H21N3O5S. The van der Waals surface area contributed by atoms with Gasteiger partial charge in [0.15, 0.2) is 6.61 Å². The number of carbonyl (C=O) groups is 3. The van der Waals surface area contributed by atoms with Crippen LogP contribution in [0.3, 0.4) is 0 Å². The predicted octanol–water partition coefficient (Wildman–Crippen LogP) is 0.967. The predicted molar refractivity (Wildman–Crippen MR) is 92.1 cm³/mol. The largest absolute Gasteiger partial charge is 0.495 e. The van der Waals surface area contributed by atoms with Crippen molar-refractivity contribution in [1.29, 1.82) is 0 Å². The van der Waals surface area contributed by atoms with Gasteiger partial charge in [0.25, 0.3) is 5.91 Å². The maximum absolute atomic E-state index is 12.0. The van der Waals surface area contributed by atoms with Crippen molar-refractivity contribution < 1.29 is 23.9 Å². The van der Waals surface area contributed by atoms with Crippen LogP contribution in [0.2, 0.25) is 0 Å². The van der Waals surface area contributed by atoms with Crippen molar-refractivity contribution >= 4 is 35.4 Å². The van der Waals surface area contributed by atoms with Gasteiger partial charge in [-0.1, -0.05) is 12.1 Å². The average molecular weight is 355 g/mol. The molecule has 0 unspecified atom stereocenters. The number of anilines is 1. The third-order valence-corrected chi connectivity index (χ3v) is 3.58. The number of benzene rings is 1. The van der Waals surface area contributed by atoms with Crippen LogP contribution in [0, 0.1) is 0 Å². The molecule has 3 amide bonds. The molecule has 4 N–H and O–H groups in total. The molecule has 9 heteroatoms. The molecule has 24 heavy (non-hydrogen) atoms. The second-order valence-electron chi connectivity index (χ2n) is 4.70. The van der Waals surface area contributed by atoms with Gasteiger partial charge < -0.3 is 25.8 Å². The summed E-state index contributed by atoms with van der Waals surface area (Å²) in [5.74, 6) is -0.105. The number of ether oxygens (including phenoxy) is 2. The normalized spacial score (nSPS) is 11.2. The smallest absolute Gasteiger partial charge is 0.329 e. The monoisotopic (exact) mass is 355 g/mol. The van der Waals surface area contributed by atoms with Gasteiger partial charge in [0, 0.05) is 0 Å². The Morgan fingerprint density at radius 2 is 2.00 bits per heavy atom. The molecule has 0 fully saturated rings. The van der Waals surface area contributed by atoms with Gasteiger partial charge in [0.1, 0.15) is 11.8 Å². The quantitative estimate of drug-likeness (QED) is 0.568. The zero-order valence-corrected chi connectivity index (χ0v) is 14.4. The first-order valence-corrected chi connectivity index (χ1v) is 8.51. The Labute approximate surface area is 144 Å². The standard InChI is InChI=1S/C15H21N3O5S/c1-22-12-6-4-3-5-10(12)17-13(19)9-23-14(20)11(7-8-24-2)18-15(16)21/h3-6,11H,7-9H2,1-2H3,(H,17,19)(H3,16,18,21)/t11-/m0/s1. The first kappa shape index (κ1) is 19.6. The minimum Gasteiger partial charge on any atom is -0.495 e. The highest BCUT2D eigenvalue weighted by molar-refractivity contribution is 7.98. The van der Waals surface area contributed by atoms with Crippen molar-refractivity contribution in [3.63, 3.8) is 0 Å². The number of nitrogens with two attached hydrogens (primary N) is 1. The van der Waals surface area contributed by atoms with Crippen molar-refractivity contribution in [3.05, 3.63) is 24.3 Å². The number of esters is 1. The number of para-hydroxylation sites is 2. The Hall–Kier alpha value is -2.42. The van der Waals surface area contributed by atoms with Crippen molar-refractivity contribution in [2.24, 2.45) is 5.73 Å². The van der Waals surface area contributed by atoms with E-state index in [9.17, 15) is 14.4 Å². The Bertz CT molecular complexity index is 582. The van der Waals surface area contributed by atoms with Gasteiger partial charge in [-0.15, -0.1) is 0 Å². The van der Waals surface area contributed by atoms with E-state index in [0.717, 1.165) is 0 Å². The van der Waals surface area contributed by atoms with Gasteiger partial charge in [-0.05, 0) is 30.6 Å². The highest BCUT2D eigenvalue weighted by Gasteiger charge is 2.22. The van der Waals surface area contributed by atoms with Gasteiger partial charge in [0.2, 0.25) is 0 Å². The van der Waals surface area contributed by atoms with E-state index in [4.69, 9.17) is 15.2 Å². The summed E-state index contributed by atoms with van der Waals surface area (Å²) in [4.78, 5) is 34.8. The number of amides is 3. The zero-order valence-electron chi connectivity index (χ0n) is 13.5. The second-order valence-corrected chi connectivity index (χ2v) is 5.68. The molecule has 1 rings (SSSR count). The van der Waals surface area contributed by atoms with E-state index in [1.54, 1.807) is 24.3 Å². The third-order valence-electron chi connectivity index (χ3n) is 2.94. The Morgan fingerprint density at radius 3 is 2.62 bits per heavy atom. The third kappa shape index (κ3) is 6.78. The maximum atomic E-state index is 12.0. The van der Waals surface area contributed by atoms with Crippen LogP contribution in [0.5, 0.6) is 5.75 Å². The van der Waals surface area contributed by atoms with Crippen LogP contribution in [0.15, 0.2) is 24.3 Å². The van der Waals surface area contributed by atoms with E-state index in [2.05, 4.69) is 10.6 Å². The van der Waals surface area contributed by atoms with E-state index >= 15 is 0 Å². The molecule has 0 aliphatic heterocycles. The second kappa shape index (κ2) is 10.4. The summed E-state index contributed by atoms with van der Waals surface area (Å²) in [6.45, 7) is -0.479. The van der Waals surface area contributed by atoms with Crippen molar-refractivity contribution in [1.82, 2.24) is 5.32 Å². The molecule has 8 nitrogen and oxygen atoms in total. The van der Waals surface area contributed by atoms with E-state index in [1.165, 1.54) is 18.9 Å². The molecule has 1 aromatic carbocycles. The van der Waals surface area contributed by atoms with Crippen LogP contribution in [0.1, 0.15) is 6.42 Å². The molecule has 0 aliphatic rings. The fraction of sp³-hybridized carbons (Fsp3) is 0.400. The lowest BCUT2D eigenvalue weighted by molar-refractivity contribution is -0.149. The molecule has 0 aromatic heterocycles. The summed E-state index contributed by atoms with van der Waals surface area (Å²) in [5.41, 5.74) is 5.50. The van der Waals surface area contributed by atoms with Gasteiger partial charge >= 0.3 is 12.0 Å². The van der Waals surface area contributed by atoms with Crippen LogP contribution in [-0.2, 0) is 14.3 Å². The highest BCUT2D eigenvalue weighted by Crippen LogP contribution is 2.22. The molecule has 0 heterocycles. The molecule has 1 aromatic rings. The number of carbonyl (C=O) groups excluding carboxylic acids is 3. The molecule has 1 atom stereocenters. The van der Waals surface area contributed by atoms with Gasteiger partial charge in [-0.25, -0.2) is 9.59 Å². The molecule has 0 saturated heterocycles. The number of hydrogen-bond donors (Lipinski definition) is 3. The Balaban J connectivity index is 2.54. The topological polar surface area (TPSA) is 120 Å². The molecule has 132 valence electrons. The molecule has 0 aliphatic carbocycles. The number of thioether (sulfide) groups is 1. The molecule has 0 saturated carbocycles. The summed E-state index contributed by atoms with van der Waals surface area (Å²) in [7, 11) is 1.48. The van der Waals surface area contributed by atoms with Crippen LogP contribution < -0.4 is 21.1 Å². The number of methoxy groups -OCH3 is 1. The summed E-state index contributed by atoms with van der Waals surface area (Å²) < 4.78 is 10.1. The lowest BCUT2D eigenvalue weighted by atomic mass is 10.2. The minimum atomic E-state index is -0.881. The molecule has 0 spiro atoms. The number of hydrogen-bond acceptors (Lipinski definition) is 6. The number of nitrogens with one attached hydrogen (secondary N) is 2. The fourth-order valence-corrected chi connectivity index (χ4v) is 2.30. The van der Waals surface area contributed by atoms with Crippen LogP contribution in [0.4, 0.5) is 10.5 Å². The lowest BCUT2D eigenvalue weighted by Crippen LogP contribution is -2.45. The van der Waals surface area contributed by atoms with Gasteiger partial charge in [0.05, 0.1) is 12.8 Å². The zero-order chi connectivity index (χ0) is 17.9. The highest BCUT2D eigenvalue weighted by atomic mass is 32.2. The van der Waals surface area contributed by atoms with Crippen molar-refractivity contribution in [2.75, 3.05) is 31.0 Å². The van der Waals surface area contributed by atoms with Crippen molar-refractivity contribution in [2.45, 2.75) is 12.5 Å². The lowest BCUT2D eigenvalue weighted by Gasteiger charge is -2.16. The number of rotatable bonds is 9. The Morgan fingerprint density at radius 1 is 1.29 bits per heavy atom. The van der Waals surface area contributed by atoms with Crippen LogP contribution in [0.25, 0.3) is 0 Å². The minimum absolute atomic E-state index is 0.358. The maximum Gasteiger partial charge on any atom is 0.329 e. The van der Waals surface area contributed by atoms with Crippen molar-refractivity contribution in [3.8, 4) is 5.75 Å². The summed E-state index contributed by atoms with van der Waals surface area (Å²) in [5, 5.41) is 4.89. The number of primary amides is 1. The van der Waals surface area contributed by atoms with E-state index in [-0.39, 0.29) is 0 Å². The van der Waals surface area contributed by atoms with Gasteiger partial charge in [-0.3, -0.25) is 4.79 Å². The van der Waals surface area contributed by atoms with E-state index < -0.39 is 30.6 Å². The SMILES string of the molecule is COc1ccccc1NC(=O)COC(=O)[C@H](CCSC)NC(N)=O. The number of urea groups is 1. The van der Waals surface area contributed by atoms with E-state index in [0.29, 0.717) is 23.6 Å². The first-order valence-electron chi connectivity index (χ1n) is 7.12. The fourth-order valence-electron chi connectivity index (χ4n) is 1.83. The Kier molecular flexibility index (Phi) is 8.48. The van der Waals surface area contributed by atoms with Gasteiger partial charge in [-0.2, -0.15) is 11.8 Å². The average Bonchev–Trinajstić information content (AvgIpc) is 2.56. The van der Waals surface area contributed by atoms with Crippen LogP contribution >= 0.6 is 11.8 Å². The van der Waals surface area contributed by atoms with Crippen LogP contribution in [-0.4, -0.2) is 49.7 Å². The molecule has 0 bridgehead atoms.